The fourth-order valence-electron chi connectivity index (χ4n) is 2.03. The van der Waals surface area contributed by atoms with Crippen molar-refractivity contribution in [2.45, 2.75) is 29.8 Å². The summed E-state index contributed by atoms with van der Waals surface area (Å²) in [6.45, 7) is -0.418. The van der Waals surface area contributed by atoms with Gasteiger partial charge in [-0.2, -0.15) is 11.6 Å². The van der Waals surface area contributed by atoms with Crippen molar-refractivity contribution in [1.82, 2.24) is 15.0 Å². The zero-order valence-corrected chi connectivity index (χ0v) is 11.9. The molecule has 108 valence electrons. The summed E-state index contributed by atoms with van der Waals surface area (Å²) < 4.78 is 6.54. The Morgan fingerprint density at radius 3 is 2.75 bits per heavy atom. The predicted octanol–water partition coefficient (Wildman–Crippen LogP) is -2.29. The summed E-state index contributed by atoms with van der Waals surface area (Å²) in [7, 11) is 5.43. The third-order valence-corrected chi connectivity index (χ3v) is 3.92. The Morgan fingerprint density at radius 1 is 1.55 bits per heavy atom. The standard InChI is InChI=1S/C9H13BN4O4S2/c10-20-9-7(17)5(6(16)4(2-15)18-9)14-1-3(8(11)19)12-13-14/h1,4-7,9,15-17H,2H2,(H2,11,19)/t4?,5?,6-,7?,9+/m0/s1. The van der Waals surface area contributed by atoms with Crippen LogP contribution in [-0.2, 0) is 4.74 Å². The molecule has 11 heteroatoms. The van der Waals surface area contributed by atoms with Crippen molar-refractivity contribution in [1.29, 1.82) is 0 Å². The first-order valence-electron chi connectivity index (χ1n) is 5.69. The first kappa shape index (κ1) is 15.7. The summed E-state index contributed by atoms with van der Waals surface area (Å²) in [5.41, 5.74) is 4.89. The second-order valence-electron chi connectivity index (χ2n) is 4.28. The Kier molecular flexibility index (Phi) is 4.99. The van der Waals surface area contributed by atoms with Gasteiger partial charge >= 0.3 is 0 Å². The number of rotatable bonds is 4. The molecule has 0 aliphatic carbocycles. The molecule has 1 aliphatic heterocycles. The normalized spacial score (nSPS) is 34.0. The largest absolute Gasteiger partial charge is 0.394 e. The Labute approximate surface area is 125 Å². The first-order chi connectivity index (χ1) is 9.49. The van der Waals surface area contributed by atoms with E-state index >= 15 is 0 Å². The summed E-state index contributed by atoms with van der Waals surface area (Å²) in [5, 5.41) is 37.1. The van der Waals surface area contributed by atoms with Crippen LogP contribution in [0.3, 0.4) is 0 Å². The summed E-state index contributed by atoms with van der Waals surface area (Å²) in [6.07, 6.45) is -1.79. The molecule has 0 amide bonds. The topological polar surface area (TPSA) is 127 Å². The van der Waals surface area contributed by atoms with E-state index in [1.54, 1.807) is 0 Å². The van der Waals surface area contributed by atoms with Crippen LogP contribution in [0.2, 0.25) is 0 Å². The van der Waals surface area contributed by atoms with Crippen molar-refractivity contribution >= 4 is 35.9 Å². The minimum Gasteiger partial charge on any atom is -0.394 e. The quantitative estimate of drug-likeness (QED) is 0.358. The highest BCUT2D eigenvalue weighted by Crippen LogP contribution is 2.33. The van der Waals surface area contributed by atoms with Crippen LogP contribution in [0.4, 0.5) is 0 Å². The SMILES string of the molecule is [B]S[C@H]1OC(CO)[C@H](O)C(n2cc(C(N)=S)nn2)C1O. The van der Waals surface area contributed by atoms with E-state index in [-0.39, 0.29) is 10.7 Å². The van der Waals surface area contributed by atoms with Crippen molar-refractivity contribution < 1.29 is 20.1 Å². The van der Waals surface area contributed by atoms with Crippen LogP contribution >= 0.6 is 23.8 Å². The molecule has 2 heterocycles. The molecule has 5 atom stereocenters. The van der Waals surface area contributed by atoms with Crippen LogP contribution in [0.1, 0.15) is 11.7 Å². The first-order valence-corrected chi connectivity index (χ1v) is 7.04. The van der Waals surface area contributed by atoms with Gasteiger partial charge in [0.15, 0.2) is 7.12 Å². The van der Waals surface area contributed by atoms with Gasteiger partial charge < -0.3 is 25.8 Å². The maximum Gasteiger partial charge on any atom is 0.165 e. The molecule has 8 nitrogen and oxygen atoms in total. The van der Waals surface area contributed by atoms with Crippen LogP contribution in [0, 0.1) is 0 Å². The predicted molar refractivity (Wildman–Crippen MR) is 76.1 cm³/mol. The minimum absolute atomic E-state index is 0.0516. The average Bonchev–Trinajstić information content (AvgIpc) is 2.89. The molecule has 1 aliphatic rings. The zero-order valence-electron chi connectivity index (χ0n) is 10.2. The van der Waals surface area contributed by atoms with Gasteiger partial charge in [-0.15, -0.1) is 5.10 Å². The lowest BCUT2D eigenvalue weighted by Crippen LogP contribution is -2.55. The van der Waals surface area contributed by atoms with Gasteiger partial charge in [0.1, 0.15) is 40.5 Å². The van der Waals surface area contributed by atoms with Crippen molar-refractivity contribution in [3.05, 3.63) is 11.9 Å². The molecule has 2 radical (unpaired) electrons. The molecule has 1 saturated heterocycles. The third kappa shape index (κ3) is 2.82. The van der Waals surface area contributed by atoms with Crippen LogP contribution < -0.4 is 5.73 Å². The molecule has 1 fully saturated rings. The lowest BCUT2D eigenvalue weighted by atomic mass is 9.97. The van der Waals surface area contributed by atoms with Gasteiger partial charge in [0.05, 0.1) is 12.8 Å². The van der Waals surface area contributed by atoms with E-state index in [1.807, 2.05) is 0 Å². The molecule has 1 aromatic rings. The van der Waals surface area contributed by atoms with Crippen molar-refractivity contribution in [3.63, 3.8) is 0 Å². The molecular formula is C9H13BN4O4S2. The monoisotopic (exact) mass is 316 g/mol. The van der Waals surface area contributed by atoms with E-state index in [1.165, 1.54) is 10.9 Å². The fraction of sp³-hybridized carbons (Fsp3) is 0.667. The molecule has 5 N–H and O–H groups in total. The number of nitrogens with zero attached hydrogens (tertiary/aromatic N) is 3. The van der Waals surface area contributed by atoms with Crippen LogP contribution in [-0.4, -0.2) is 72.8 Å². The Bertz CT molecular complexity index is 474. The van der Waals surface area contributed by atoms with Gasteiger partial charge in [-0.3, -0.25) is 0 Å². The number of nitrogens with two attached hydrogens (primary N) is 1. The molecule has 0 saturated carbocycles. The van der Waals surface area contributed by atoms with E-state index in [2.05, 4.69) is 10.3 Å². The highest BCUT2D eigenvalue weighted by atomic mass is 32.2. The van der Waals surface area contributed by atoms with Gasteiger partial charge in [0.25, 0.3) is 0 Å². The van der Waals surface area contributed by atoms with Crippen molar-refractivity contribution in [3.8, 4) is 0 Å². The third-order valence-electron chi connectivity index (χ3n) is 3.05. The van der Waals surface area contributed by atoms with E-state index in [4.69, 9.17) is 29.8 Å². The van der Waals surface area contributed by atoms with E-state index in [0.29, 0.717) is 0 Å². The zero-order chi connectivity index (χ0) is 14.9. The molecule has 2 rings (SSSR count). The molecule has 3 unspecified atom stereocenters. The summed E-state index contributed by atoms with van der Waals surface area (Å²) in [4.78, 5) is 0.0516. The van der Waals surface area contributed by atoms with E-state index < -0.39 is 36.4 Å². The van der Waals surface area contributed by atoms with Crippen molar-refractivity contribution in [2.24, 2.45) is 5.73 Å². The number of hydrogen-bond donors (Lipinski definition) is 4. The van der Waals surface area contributed by atoms with Gasteiger partial charge in [0.2, 0.25) is 0 Å². The smallest absolute Gasteiger partial charge is 0.165 e. The van der Waals surface area contributed by atoms with Gasteiger partial charge in [-0.25, -0.2) is 4.68 Å². The Balaban J connectivity index is 2.31. The number of ether oxygens (including phenoxy) is 1. The molecule has 0 aromatic carbocycles. The lowest BCUT2D eigenvalue weighted by Gasteiger charge is -2.41. The number of thiocarbonyl (C=S) groups is 1. The molecule has 0 spiro atoms. The van der Waals surface area contributed by atoms with E-state index in [0.717, 1.165) is 11.6 Å². The molecule has 20 heavy (non-hydrogen) atoms. The van der Waals surface area contributed by atoms with E-state index in [9.17, 15) is 15.3 Å². The summed E-state index contributed by atoms with van der Waals surface area (Å²) in [5.74, 6) is 0. The maximum atomic E-state index is 10.2. The second-order valence-corrected chi connectivity index (χ2v) is 5.46. The van der Waals surface area contributed by atoms with Gasteiger partial charge in [0, 0.05) is 0 Å². The number of aliphatic hydroxyl groups excluding tert-OH is 3. The highest BCUT2D eigenvalue weighted by molar-refractivity contribution is 8.20. The summed E-state index contributed by atoms with van der Waals surface area (Å²) in [6, 6.07) is -0.877. The van der Waals surface area contributed by atoms with Crippen LogP contribution in [0.5, 0.6) is 0 Å². The second kappa shape index (κ2) is 6.37. The average molecular weight is 316 g/mol. The van der Waals surface area contributed by atoms with Crippen molar-refractivity contribution in [2.75, 3.05) is 6.61 Å². The maximum absolute atomic E-state index is 10.2. The fourth-order valence-corrected chi connectivity index (χ4v) is 2.65. The number of hydrogen-bond acceptors (Lipinski definition) is 8. The van der Waals surface area contributed by atoms with Gasteiger partial charge in [-0.1, -0.05) is 17.4 Å². The van der Waals surface area contributed by atoms with Crippen LogP contribution in [0.25, 0.3) is 0 Å². The number of aromatic nitrogens is 3. The molecule has 1 aromatic heterocycles. The lowest BCUT2D eigenvalue weighted by molar-refractivity contribution is -0.178. The minimum atomic E-state index is -1.18. The molecule has 0 bridgehead atoms. The Morgan fingerprint density at radius 2 is 2.25 bits per heavy atom. The number of aliphatic hydroxyl groups is 3. The highest BCUT2D eigenvalue weighted by Gasteiger charge is 2.45. The summed E-state index contributed by atoms with van der Waals surface area (Å²) >= 11 is 5.56. The Hall–Kier alpha value is -0.715. The van der Waals surface area contributed by atoms with Gasteiger partial charge in [-0.05, 0) is 0 Å². The van der Waals surface area contributed by atoms with Crippen LogP contribution in [0.15, 0.2) is 6.20 Å². The molecular weight excluding hydrogens is 303 g/mol.